The summed E-state index contributed by atoms with van der Waals surface area (Å²) in [6.07, 6.45) is 3.41. The van der Waals surface area contributed by atoms with Crippen LogP contribution in [0.2, 0.25) is 5.02 Å². The van der Waals surface area contributed by atoms with Crippen LogP contribution in [0.1, 0.15) is 42.4 Å². The molecule has 0 saturated heterocycles. The number of carbonyl (C=O) groups excluding carboxylic acids is 1. The number of amides is 1. The molecule has 5 aromatic rings. The van der Waals surface area contributed by atoms with E-state index in [-0.39, 0.29) is 5.91 Å². The van der Waals surface area contributed by atoms with Gasteiger partial charge in [0.25, 0.3) is 0 Å². The molecule has 36 heavy (non-hydrogen) atoms. The summed E-state index contributed by atoms with van der Waals surface area (Å²) in [4.78, 5) is 15.1. The van der Waals surface area contributed by atoms with Crippen LogP contribution in [-0.4, -0.2) is 20.9 Å². The summed E-state index contributed by atoms with van der Waals surface area (Å²) < 4.78 is 0. The molecule has 4 aromatic carbocycles. The van der Waals surface area contributed by atoms with E-state index in [1.807, 2.05) is 72.8 Å². The number of aromatic nitrogens is 3. The summed E-state index contributed by atoms with van der Waals surface area (Å²) in [5.41, 5.74) is 5.82. The van der Waals surface area contributed by atoms with Crippen LogP contribution in [0.5, 0.6) is 0 Å². The van der Waals surface area contributed by atoms with Gasteiger partial charge in [-0.1, -0.05) is 97.7 Å². The zero-order valence-corrected chi connectivity index (χ0v) is 20.8. The molecule has 0 bridgehead atoms. The second-order valence-electron chi connectivity index (χ2n) is 8.82. The van der Waals surface area contributed by atoms with Gasteiger partial charge in [-0.15, -0.1) is 10.2 Å². The molecule has 1 N–H and O–H groups in total. The van der Waals surface area contributed by atoms with E-state index >= 15 is 0 Å². The summed E-state index contributed by atoms with van der Waals surface area (Å²) in [5, 5.41) is 12.7. The van der Waals surface area contributed by atoms with Crippen LogP contribution in [0.3, 0.4) is 0 Å². The molecule has 0 aliphatic carbocycles. The monoisotopic (exact) mass is 494 g/mol. The Kier molecular flexibility index (Phi) is 7.10. The van der Waals surface area contributed by atoms with Gasteiger partial charge >= 0.3 is 0 Å². The Balaban J connectivity index is 1.42. The summed E-state index contributed by atoms with van der Waals surface area (Å²) in [5.74, 6) is -0.634. The Labute approximate surface area is 215 Å². The number of anilines is 1. The fourth-order valence-electron chi connectivity index (χ4n) is 4.32. The Hall–Kier alpha value is -3.96. The standard InChI is InChI=1S/C30H27ClN4O/c1-2-3-10-21-15-17-24(18-16-21)35-33-27-19-25(31)26(20-28(27)34-35)32-30(36)29(22-11-6-4-7-12-22)23-13-8-5-9-14-23/h4-9,11-20,29H,2-3,10H2,1H3,(H,32,36). The number of carbonyl (C=O) groups is 1. The van der Waals surface area contributed by atoms with E-state index in [4.69, 9.17) is 11.6 Å². The smallest absolute Gasteiger partial charge is 0.236 e. The molecule has 0 aliphatic heterocycles. The first-order valence-electron chi connectivity index (χ1n) is 12.2. The topological polar surface area (TPSA) is 59.8 Å². The minimum atomic E-state index is -0.471. The number of hydrogen-bond donors (Lipinski definition) is 1. The lowest BCUT2D eigenvalue weighted by Gasteiger charge is -2.18. The number of benzene rings is 4. The fourth-order valence-corrected chi connectivity index (χ4v) is 4.52. The molecule has 0 aliphatic rings. The molecule has 0 saturated carbocycles. The average molecular weight is 495 g/mol. The van der Waals surface area contributed by atoms with E-state index in [1.54, 1.807) is 16.9 Å². The van der Waals surface area contributed by atoms with E-state index in [0.717, 1.165) is 23.2 Å². The van der Waals surface area contributed by atoms with Crippen molar-refractivity contribution in [3.8, 4) is 5.69 Å². The Morgan fingerprint density at radius 1 is 0.861 bits per heavy atom. The van der Waals surface area contributed by atoms with Crippen LogP contribution < -0.4 is 5.32 Å². The lowest BCUT2D eigenvalue weighted by atomic mass is 9.90. The predicted octanol–water partition coefficient (Wildman–Crippen LogP) is 7.19. The van der Waals surface area contributed by atoms with E-state index in [9.17, 15) is 4.79 Å². The van der Waals surface area contributed by atoms with Gasteiger partial charge in [-0.3, -0.25) is 4.79 Å². The molecule has 0 atom stereocenters. The van der Waals surface area contributed by atoms with Crippen LogP contribution in [0.15, 0.2) is 97.1 Å². The Morgan fingerprint density at radius 2 is 1.44 bits per heavy atom. The maximum absolute atomic E-state index is 13.5. The molecular formula is C30H27ClN4O. The quantitative estimate of drug-likeness (QED) is 0.248. The number of fused-ring (bicyclic) bond motifs is 1. The minimum absolute atomic E-state index is 0.163. The largest absolute Gasteiger partial charge is 0.324 e. The van der Waals surface area contributed by atoms with Crippen LogP contribution in [0, 0.1) is 0 Å². The summed E-state index contributed by atoms with van der Waals surface area (Å²) in [7, 11) is 0. The van der Waals surface area contributed by atoms with Crippen molar-refractivity contribution in [2.24, 2.45) is 0 Å². The molecule has 180 valence electrons. The molecule has 0 spiro atoms. The van der Waals surface area contributed by atoms with Gasteiger partial charge < -0.3 is 5.32 Å². The van der Waals surface area contributed by atoms with E-state index in [2.05, 4.69) is 34.6 Å². The van der Waals surface area contributed by atoms with Crippen LogP contribution in [-0.2, 0) is 11.2 Å². The highest BCUT2D eigenvalue weighted by Crippen LogP contribution is 2.31. The molecule has 5 nitrogen and oxygen atoms in total. The highest BCUT2D eigenvalue weighted by atomic mass is 35.5. The third-order valence-corrected chi connectivity index (χ3v) is 6.55. The van der Waals surface area contributed by atoms with E-state index in [0.29, 0.717) is 21.7 Å². The molecule has 1 amide bonds. The number of nitrogens with one attached hydrogen (secondary N) is 1. The lowest BCUT2D eigenvalue weighted by molar-refractivity contribution is -0.116. The van der Waals surface area contributed by atoms with Crippen molar-refractivity contribution in [1.29, 1.82) is 0 Å². The number of unbranched alkanes of at least 4 members (excludes halogenated alkanes) is 1. The number of hydrogen-bond acceptors (Lipinski definition) is 3. The highest BCUT2D eigenvalue weighted by Gasteiger charge is 2.23. The van der Waals surface area contributed by atoms with Gasteiger partial charge in [0.1, 0.15) is 11.0 Å². The molecule has 1 heterocycles. The number of nitrogens with zero attached hydrogens (tertiary/aromatic N) is 3. The second-order valence-corrected chi connectivity index (χ2v) is 9.23. The van der Waals surface area contributed by atoms with Crippen molar-refractivity contribution in [3.05, 3.63) is 119 Å². The van der Waals surface area contributed by atoms with Gasteiger partial charge in [0, 0.05) is 0 Å². The SMILES string of the molecule is CCCCc1ccc(-n2nc3cc(Cl)c(NC(=O)C(c4ccccc4)c4ccccc4)cc3n2)cc1. The molecule has 0 fully saturated rings. The third kappa shape index (κ3) is 5.16. The van der Waals surface area contributed by atoms with Gasteiger partial charge in [-0.05, 0) is 53.8 Å². The van der Waals surface area contributed by atoms with Gasteiger partial charge in [0.2, 0.25) is 5.91 Å². The van der Waals surface area contributed by atoms with Gasteiger partial charge in [0.15, 0.2) is 0 Å². The van der Waals surface area contributed by atoms with Crippen molar-refractivity contribution in [1.82, 2.24) is 15.0 Å². The van der Waals surface area contributed by atoms with Crippen molar-refractivity contribution >= 4 is 34.2 Å². The molecular weight excluding hydrogens is 468 g/mol. The summed E-state index contributed by atoms with van der Waals surface area (Å²) in [6.45, 7) is 2.19. The van der Waals surface area contributed by atoms with Gasteiger partial charge in [0.05, 0.1) is 22.3 Å². The zero-order chi connectivity index (χ0) is 24.9. The second kappa shape index (κ2) is 10.8. The van der Waals surface area contributed by atoms with Gasteiger partial charge in [-0.2, -0.15) is 4.80 Å². The first-order chi connectivity index (χ1) is 17.6. The van der Waals surface area contributed by atoms with Crippen molar-refractivity contribution in [2.45, 2.75) is 32.1 Å². The first-order valence-corrected chi connectivity index (χ1v) is 12.6. The number of rotatable bonds is 8. The zero-order valence-electron chi connectivity index (χ0n) is 20.1. The normalized spacial score (nSPS) is 11.2. The highest BCUT2D eigenvalue weighted by molar-refractivity contribution is 6.34. The Bertz CT molecular complexity index is 1420. The van der Waals surface area contributed by atoms with E-state index < -0.39 is 5.92 Å². The maximum atomic E-state index is 13.5. The van der Waals surface area contributed by atoms with Crippen molar-refractivity contribution in [2.75, 3.05) is 5.32 Å². The molecule has 1 aromatic heterocycles. The average Bonchev–Trinajstić information content (AvgIpc) is 3.32. The fraction of sp³-hybridized carbons (Fsp3) is 0.167. The van der Waals surface area contributed by atoms with Crippen molar-refractivity contribution < 1.29 is 4.79 Å². The van der Waals surface area contributed by atoms with Crippen LogP contribution in [0.4, 0.5) is 5.69 Å². The minimum Gasteiger partial charge on any atom is -0.324 e. The molecule has 5 rings (SSSR count). The first kappa shape index (κ1) is 23.8. The Morgan fingerprint density at radius 3 is 2.03 bits per heavy atom. The lowest BCUT2D eigenvalue weighted by Crippen LogP contribution is -2.22. The third-order valence-electron chi connectivity index (χ3n) is 6.24. The van der Waals surface area contributed by atoms with Gasteiger partial charge in [-0.25, -0.2) is 0 Å². The summed E-state index contributed by atoms with van der Waals surface area (Å²) >= 11 is 6.58. The summed E-state index contributed by atoms with van der Waals surface area (Å²) in [6, 6.07) is 31.3. The number of halogens is 1. The van der Waals surface area contributed by atoms with Crippen molar-refractivity contribution in [3.63, 3.8) is 0 Å². The van der Waals surface area contributed by atoms with E-state index in [1.165, 1.54) is 18.4 Å². The number of aryl methyl sites for hydroxylation is 1. The van der Waals surface area contributed by atoms with Crippen LogP contribution in [0.25, 0.3) is 16.7 Å². The maximum Gasteiger partial charge on any atom is 0.236 e. The predicted molar refractivity (Wildman–Crippen MR) is 146 cm³/mol. The molecule has 0 radical (unpaired) electrons. The molecule has 0 unspecified atom stereocenters. The molecule has 6 heteroatoms. The van der Waals surface area contributed by atoms with Crippen LogP contribution >= 0.6 is 11.6 Å².